The Morgan fingerprint density at radius 1 is 1.00 bits per heavy atom. The van der Waals surface area contributed by atoms with E-state index in [-0.39, 0.29) is 5.41 Å². The van der Waals surface area contributed by atoms with Gasteiger partial charge in [0.1, 0.15) is 17.6 Å². The molecule has 0 heterocycles. The molecule has 0 fully saturated rings. The van der Waals surface area contributed by atoms with Gasteiger partial charge < -0.3 is 4.74 Å². The number of halogens is 1. The minimum Gasteiger partial charge on any atom is -0.457 e. The zero-order chi connectivity index (χ0) is 14.8. The van der Waals surface area contributed by atoms with E-state index in [2.05, 4.69) is 32.9 Å². The van der Waals surface area contributed by atoms with Crippen molar-refractivity contribution in [3.63, 3.8) is 0 Å². The molecule has 0 aliphatic carbocycles. The highest BCUT2D eigenvalue weighted by atomic mass is 35.5. The van der Waals surface area contributed by atoms with E-state index in [1.165, 1.54) is 5.56 Å². The third-order valence-electron chi connectivity index (χ3n) is 3.02. The van der Waals surface area contributed by atoms with E-state index >= 15 is 0 Å². The van der Waals surface area contributed by atoms with E-state index in [0.717, 1.165) is 5.75 Å². The summed E-state index contributed by atoms with van der Waals surface area (Å²) < 4.78 is 5.73. The van der Waals surface area contributed by atoms with Crippen LogP contribution in [0.5, 0.6) is 11.5 Å². The van der Waals surface area contributed by atoms with Gasteiger partial charge >= 0.3 is 0 Å². The van der Waals surface area contributed by atoms with Crippen molar-refractivity contribution in [3.05, 3.63) is 58.6 Å². The average molecular weight is 286 g/mol. The third kappa shape index (κ3) is 3.31. The maximum Gasteiger partial charge on any atom is 0.129 e. The molecule has 2 rings (SSSR count). The molecule has 0 aliphatic rings. The standard InChI is InChI=1S/C17H16ClNO/c1-17(2,3)13-5-8-14(9-6-13)20-15-7-4-12(11-19)16(18)10-15/h4-10H,1-3H3. The Balaban J connectivity index is 2.19. The molecule has 0 atom stereocenters. The van der Waals surface area contributed by atoms with Gasteiger partial charge in [0.2, 0.25) is 0 Å². The molecular formula is C17H16ClNO. The first kappa shape index (κ1) is 14.4. The quantitative estimate of drug-likeness (QED) is 0.750. The van der Waals surface area contributed by atoms with Gasteiger partial charge in [-0.15, -0.1) is 0 Å². The maximum absolute atomic E-state index is 8.83. The van der Waals surface area contributed by atoms with E-state index in [1.807, 2.05) is 18.2 Å². The summed E-state index contributed by atoms with van der Waals surface area (Å²) in [5.41, 5.74) is 1.82. The molecule has 0 amide bonds. The number of rotatable bonds is 2. The van der Waals surface area contributed by atoms with Crippen LogP contribution in [0.25, 0.3) is 0 Å². The van der Waals surface area contributed by atoms with Crippen molar-refractivity contribution in [1.29, 1.82) is 5.26 Å². The van der Waals surface area contributed by atoms with Crippen molar-refractivity contribution in [2.24, 2.45) is 0 Å². The van der Waals surface area contributed by atoms with Crippen LogP contribution in [-0.4, -0.2) is 0 Å². The summed E-state index contributed by atoms with van der Waals surface area (Å²) in [4.78, 5) is 0. The zero-order valence-corrected chi connectivity index (χ0v) is 12.5. The van der Waals surface area contributed by atoms with Gasteiger partial charge in [0, 0.05) is 6.07 Å². The number of hydrogen-bond donors (Lipinski definition) is 0. The predicted molar refractivity (Wildman–Crippen MR) is 81.4 cm³/mol. The number of benzene rings is 2. The topological polar surface area (TPSA) is 33.0 Å². The molecule has 2 aromatic rings. The van der Waals surface area contributed by atoms with Crippen LogP contribution in [0, 0.1) is 11.3 Å². The summed E-state index contributed by atoms with van der Waals surface area (Å²) in [6, 6.07) is 15.1. The first-order valence-corrected chi connectivity index (χ1v) is 6.76. The Morgan fingerprint density at radius 2 is 1.60 bits per heavy atom. The molecule has 0 saturated carbocycles. The Labute approximate surface area is 124 Å². The van der Waals surface area contributed by atoms with Gasteiger partial charge in [-0.05, 0) is 35.2 Å². The van der Waals surface area contributed by atoms with E-state index in [9.17, 15) is 0 Å². The van der Waals surface area contributed by atoms with Gasteiger partial charge in [-0.25, -0.2) is 0 Å². The smallest absolute Gasteiger partial charge is 0.129 e. The molecular weight excluding hydrogens is 270 g/mol. The van der Waals surface area contributed by atoms with Crippen LogP contribution < -0.4 is 4.74 Å². The monoisotopic (exact) mass is 285 g/mol. The van der Waals surface area contributed by atoms with Crippen molar-refractivity contribution < 1.29 is 4.74 Å². The van der Waals surface area contributed by atoms with Gasteiger partial charge in [0.15, 0.2) is 0 Å². The van der Waals surface area contributed by atoms with Crippen LogP contribution in [0.2, 0.25) is 5.02 Å². The molecule has 102 valence electrons. The Morgan fingerprint density at radius 3 is 2.10 bits per heavy atom. The molecule has 3 heteroatoms. The SMILES string of the molecule is CC(C)(C)c1ccc(Oc2ccc(C#N)c(Cl)c2)cc1. The zero-order valence-electron chi connectivity index (χ0n) is 11.8. The predicted octanol–water partition coefficient (Wildman–Crippen LogP) is 5.30. The molecule has 20 heavy (non-hydrogen) atoms. The van der Waals surface area contributed by atoms with Gasteiger partial charge in [-0.3, -0.25) is 0 Å². The first-order chi connectivity index (χ1) is 9.40. The summed E-state index contributed by atoms with van der Waals surface area (Å²) in [5.74, 6) is 1.37. The summed E-state index contributed by atoms with van der Waals surface area (Å²) >= 11 is 5.98. The summed E-state index contributed by atoms with van der Waals surface area (Å²) in [7, 11) is 0. The second kappa shape index (κ2) is 5.56. The van der Waals surface area contributed by atoms with E-state index < -0.39 is 0 Å². The highest BCUT2D eigenvalue weighted by Crippen LogP contribution is 2.29. The van der Waals surface area contributed by atoms with Crippen LogP contribution in [-0.2, 0) is 5.41 Å². The number of hydrogen-bond acceptors (Lipinski definition) is 2. The van der Waals surface area contributed by atoms with Gasteiger partial charge in [-0.2, -0.15) is 5.26 Å². The fourth-order valence-electron chi connectivity index (χ4n) is 1.81. The van der Waals surface area contributed by atoms with Crippen LogP contribution >= 0.6 is 11.6 Å². The largest absolute Gasteiger partial charge is 0.457 e. The number of nitriles is 1. The lowest BCUT2D eigenvalue weighted by Gasteiger charge is -2.19. The fraction of sp³-hybridized carbons (Fsp3) is 0.235. The van der Waals surface area contributed by atoms with Crippen molar-refractivity contribution in [1.82, 2.24) is 0 Å². The molecule has 0 spiro atoms. The lowest BCUT2D eigenvalue weighted by atomic mass is 9.87. The van der Waals surface area contributed by atoms with E-state index in [4.69, 9.17) is 21.6 Å². The molecule has 2 nitrogen and oxygen atoms in total. The molecule has 0 unspecified atom stereocenters. The van der Waals surface area contributed by atoms with Crippen molar-refractivity contribution in [2.45, 2.75) is 26.2 Å². The second-order valence-electron chi connectivity index (χ2n) is 5.63. The van der Waals surface area contributed by atoms with Crippen molar-refractivity contribution in [3.8, 4) is 17.6 Å². The summed E-state index contributed by atoms with van der Waals surface area (Å²) in [6.45, 7) is 6.51. The van der Waals surface area contributed by atoms with Crippen LogP contribution in [0.1, 0.15) is 31.9 Å². The molecule has 2 aromatic carbocycles. The maximum atomic E-state index is 8.83. The van der Waals surface area contributed by atoms with Gasteiger partial charge in [0.05, 0.1) is 10.6 Å². The lowest BCUT2D eigenvalue weighted by molar-refractivity contribution is 0.481. The minimum atomic E-state index is 0.121. The Bertz CT molecular complexity index is 648. The third-order valence-corrected chi connectivity index (χ3v) is 3.33. The van der Waals surface area contributed by atoms with Crippen molar-refractivity contribution >= 4 is 11.6 Å². The number of nitrogens with zero attached hydrogens (tertiary/aromatic N) is 1. The minimum absolute atomic E-state index is 0.121. The van der Waals surface area contributed by atoms with Crippen LogP contribution in [0.4, 0.5) is 0 Å². The summed E-state index contributed by atoms with van der Waals surface area (Å²) in [5, 5.41) is 9.23. The molecule has 0 bridgehead atoms. The molecule has 0 saturated heterocycles. The summed E-state index contributed by atoms with van der Waals surface area (Å²) in [6.07, 6.45) is 0. The van der Waals surface area contributed by atoms with Crippen LogP contribution in [0.15, 0.2) is 42.5 Å². The number of ether oxygens (including phenoxy) is 1. The normalized spacial score (nSPS) is 10.9. The van der Waals surface area contributed by atoms with E-state index in [1.54, 1.807) is 18.2 Å². The average Bonchev–Trinajstić information content (AvgIpc) is 2.38. The van der Waals surface area contributed by atoms with Crippen molar-refractivity contribution in [2.75, 3.05) is 0 Å². The highest BCUT2D eigenvalue weighted by molar-refractivity contribution is 6.31. The molecule has 0 aliphatic heterocycles. The first-order valence-electron chi connectivity index (χ1n) is 6.38. The lowest BCUT2D eigenvalue weighted by Crippen LogP contribution is -2.10. The van der Waals surface area contributed by atoms with Gasteiger partial charge in [0.25, 0.3) is 0 Å². The Hall–Kier alpha value is -1.98. The molecule has 0 N–H and O–H groups in total. The van der Waals surface area contributed by atoms with E-state index in [0.29, 0.717) is 16.3 Å². The molecule has 0 aromatic heterocycles. The highest BCUT2D eigenvalue weighted by Gasteiger charge is 2.13. The Kier molecular flexibility index (Phi) is 4.01. The second-order valence-corrected chi connectivity index (χ2v) is 6.04. The van der Waals surface area contributed by atoms with Gasteiger partial charge in [-0.1, -0.05) is 44.5 Å². The van der Waals surface area contributed by atoms with Crippen LogP contribution in [0.3, 0.4) is 0 Å². The molecule has 0 radical (unpaired) electrons. The fourth-order valence-corrected chi connectivity index (χ4v) is 2.02.